The summed E-state index contributed by atoms with van der Waals surface area (Å²) in [6.07, 6.45) is 1.52. The van der Waals surface area contributed by atoms with E-state index in [-0.39, 0.29) is 0 Å². The Morgan fingerprint density at radius 1 is 1.73 bits per heavy atom. The first-order valence-electron chi connectivity index (χ1n) is 3.20. The number of hydrogen-bond donors (Lipinski definition) is 0. The van der Waals surface area contributed by atoms with E-state index in [1.54, 1.807) is 6.07 Å². The van der Waals surface area contributed by atoms with E-state index >= 15 is 0 Å². The van der Waals surface area contributed by atoms with Crippen molar-refractivity contribution in [2.45, 2.75) is 24.3 Å². The number of aryl methyl sites for hydroxylation is 1. The van der Waals surface area contributed by atoms with E-state index in [1.807, 2.05) is 6.92 Å². The molecule has 0 radical (unpaired) electrons. The summed E-state index contributed by atoms with van der Waals surface area (Å²) < 4.78 is 25.2. The van der Waals surface area contributed by atoms with Crippen LogP contribution in [-0.2, 0) is 6.54 Å². The third-order valence-corrected chi connectivity index (χ3v) is 1.95. The van der Waals surface area contributed by atoms with Crippen LogP contribution in [0, 0.1) is 0 Å². The van der Waals surface area contributed by atoms with Crippen LogP contribution in [0.3, 0.4) is 0 Å². The van der Waals surface area contributed by atoms with Crippen molar-refractivity contribution in [3.05, 3.63) is 12.3 Å². The Labute approximate surface area is 67.6 Å². The maximum Gasteiger partial charge on any atom is 0.290 e. The van der Waals surface area contributed by atoms with Gasteiger partial charge in [-0.1, -0.05) is 0 Å². The molecule has 0 aliphatic rings. The monoisotopic (exact) mass is 178 g/mol. The zero-order valence-corrected chi connectivity index (χ0v) is 6.81. The van der Waals surface area contributed by atoms with Crippen LogP contribution < -0.4 is 0 Å². The van der Waals surface area contributed by atoms with Crippen LogP contribution >= 0.6 is 11.8 Å². The van der Waals surface area contributed by atoms with E-state index in [0.29, 0.717) is 23.3 Å². The lowest BCUT2D eigenvalue weighted by Gasteiger charge is -2.01. The van der Waals surface area contributed by atoms with E-state index in [0.717, 1.165) is 0 Å². The molecule has 62 valence electrons. The van der Waals surface area contributed by atoms with Crippen molar-refractivity contribution in [1.82, 2.24) is 9.78 Å². The highest BCUT2D eigenvalue weighted by Crippen LogP contribution is 2.24. The first-order valence-corrected chi connectivity index (χ1v) is 4.08. The minimum atomic E-state index is -2.36. The van der Waals surface area contributed by atoms with Crippen molar-refractivity contribution < 1.29 is 8.78 Å². The molecule has 0 saturated heterocycles. The summed E-state index contributed by atoms with van der Waals surface area (Å²) in [4.78, 5) is 0. The average molecular weight is 178 g/mol. The quantitative estimate of drug-likeness (QED) is 0.660. The van der Waals surface area contributed by atoms with E-state index in [4.69, 9.17) is 0 Å². The lowest BCUT2D eigenvalue weighted by Crippen LogP contribution is -1.98. The molecular weight excluding hydrogens is 170 g/mol. The summed E-state index contributed by atoms with van der Waals surface area (Å²) in [7, 11) is 0. The van der Waals surface area contributed by atoms with Crippen LogP contribution in [0.25, 0.3) is 0 Å². The van der Waals surface area contributed by atoms with Gasteiger partial charge in [-0.25, -0.2) is 0 Å². The molecule has 1 rings (SSSR count). The SMILES string of the molecule is CCn1nccc1SC(F)F. The van der Waals surface area contributed by atoms with Crippen LogP contribution in [0.4, 0.5) is 8.78 Å². The van der Waals surface area contributed by atoms with Gasteiger partial charge in [-0.05, 0) is 24.8 Å². The van der Waals surface area contributed by atoms with Gasteiger partial charge in [0.05, 0.1) is 11.2 Å². The second-order valence-electron chi connectivity index (χ2n) is 1.86. The van der Waals surface area contributed by atoms with E-state index < -0.39 is 5.76 Å². The van der Waals surface area contributed by atoms with Crippen LogP contribution in [0.15, 0.2) is 17.3 Å². The van der Waals surface area contributed by atoms with Crippen LogP contribution in [0.5, 0.6) is 0 Å². The molecule has 0 N–H and O–H groups in total. The van der Waals surface area contributed by atoms with Gasteiger partial charge < -0.3 is 0 Å². The molecule has 0 saturated carbocycles. The zero-order chi connectivity index (χ0) is 8.27. The summed E-state index contributed by atoms with van der Waals surface area (Å²) in [6, 6.07) is 1.58. The molecule has 0 spiro atoms. The molecule has 11 heavy (non-hydrogen) atoms. The molecule has 0 bridgehead atoms. The van der Waals surface area contributed by atoms with Gasteiger partial charge in [-0.15, -0.1) is 0 Å². The van der Waals surface area contributed by atoms with Gasteiger partial charge in [0.15, 0.2) is 0 Å². The van der Waals surface area contributed by atoms with Crippen molar-refractivity contribution in [2.75, 3.05) is 0 Å². The van der Waals surface area contributed by atoms with Gasteiger partial charge >= 0.3 is 0 Å². The molecule has 2 nitrogen and oxygen atoms in total. The van der Waals surface area contributed by atoms with Crippen molar-refractivity contribution in [3.63, 3.8) is 0 Å². The highest BCUT2D eigenvalue weighted by Gasteiger charge is 2.08. The predicted octanol–water partition coefficient (Wildman–Crippen LogP) is 2.22. The van der Waals surface area contributed by atoms with E-state index in [2.05, 4.69) is 5.10 Å². The van der Waals surface area contributed by atoms with Gasteiger partial charge in [0.1, 0.15) is 0 Å². The Bertz CT molecular complexity index is 224. The third-order valence-electron chi connectivity index (χ3n) is 1.19. The average Bonchev–Trinajstić information content (AvgIpc) is 2.34. The number of aromatic nitrogens is 2. The number of nitrogens with zero attached hydrogens (tertiary/aromatic N) is 2. The first-order chi connectivity index (χ1) is 5.24. The topological polar surface area (TPSA) is 17.8 Å². The largest absolute Gasteiger partial charge is 0.290 e. The summed E-state index contributed by atoms with van der Waals surface area (Å²) in [5.41, 5.74) is 0. The fourth-order valence-electron chi connectivity index (χ4n) is 0.749. The Morgan fingerprint density at radius 2 is 2.45 bits per heavy atom. The number of thioether (sulfide) groups is 1. The maximum absolute atomic E-state index is 11.8. The maximum atomic E-state index is 11.8. The molecule has 0 aliphatic carbocycles. The Kier molecular flexibility index (Phi) is 2.87. The summed E-state index contributed by atoms with van der Waals surface area (Å²) in [5.74, 6) is -2.36. The zero-order valence-electron chi connectivity index (χ0n) is 6.00. The lowest BCUT2D eigenvalue weighted by molar-refractivity contribution is 0.251. The summed E-state index contributed by atoms with van der Waals surface area (Å²) in [5, 5.41) is 4.37. The Hall–Kier alpha value is -0.580. The van der Waals surface area contributed by atoms with Crippen molar-refractivity contribution in [1.29, 1.82) is 0 Å². The van der Waals surface area contributed by atoms with Gasteiger partial charge in [-0.2, -0.15) is 13.9 Å². The minimum absolute atomic E-state index is 0.516. The van der Waals surface area contributed by atoms with Crippen molar-refractivity contribution >= 4 is 11.8 Å². The number of halogens is 2. The van der Waals surface area contributed by atoms with Crippen LogP contribution in [0.1, 0.15) is 6.92 Å². The van der Waals surface area contributed by atoms with E-state index in [9.17, 15) is 8.78 Å². The number of rotatable bonds is 3. The molecule has 0 aromatic carbocycles. The first kappa shape index (κ1) is 8.52. The molecule has 0 unspecified atom stereocenters. The van der Waals surface area contributed by atoms with E-state index in [1.165, 1.54) is 10.9 Å². The van der Waals surface area contributed by atoms with Crippen LogP contribution in [-0.4, -0.2) is 15.5 Å². The second kappa shape index (κ2) is 3.71. The van der Waals surface area contributed by atoms with Crippen molar-refractivity contribution in [3.8, 4) is 0 Å². The third kappa shape index (κ3) is 2.18. The van der Waals surface area contributed by atoms with Crippen molar-refractivity contribution in [2.24, 2.45) is 0 Å². The minimum Gasteiger partial charge on any atom is -0.259 e. The summed E-state index contributed by atoms with van der Waals surface area (Å²) >= 11 is 0.523. The molecule has 0 amide bonds. The fourth-order valence-corrected chi connectivity index (χ4v) is 1.37. The Balaban J connectivity index is 2.68. The fraction of sp³-hybridized carbons (Fsp3) is 0.500. The molecule has 5 heteroatoms. The molecule has 0 aliphatic heterocycles. The molecule has 1 aromatic rings. The Morgan fingerprint density at radius 3 is 3.00 bits per heavy atom. The molecule has 0 fully saturated rings. The molecule has 1 heterocycles. The number of hydrogen-bond acceptors (Lipinski definition) is 2. The summed E-state index contributed by atoms with van der Waals surface area (Å²) in [6.45, 7) is 2.49. The number of alkyl halides is 2. The highest BCUT2D eigenvalue weighted by atomic mass is 32.2. The standard InChI is InChI=1S/C6H8F2N2S/c1-2-10-5(3-4-9-10)11-6(7)8/h3-4,6H,2H2,1H3. The molecule has 1 aromatic heterocycles. The van der Waals surface area contributed by atoms with Gasteiger partial charge in [-0.3, -0.25) is 4.68 Å². The molecule has 0 atom stereocenters. The van der Waals surface area contributed by atoms with Gasteiger partial charge in [0, 0.05) is 6.54 Å². The van der Waals surface area contributed by atoms with Crippen LogP contribution in [0.2, 0.25) is 0 Å². The van der Waals surface area contributed by atoms with Gasteiger partial charge in [0.2, 0.25) is 0 Å². The predicted molar refractivity (Wildman–Crippen MR) is 39.8 cm³/mol. The highest BCUT2D eigenvalue weighted by molar-refractivity contribution is 7.99. The molecular formula is C6H8F2N2S. The van der Waals surface area contributed by atoms with Gasteiger partial charge in [0.25, 0.3) is 5.76 Å². The second-order valence-corrected chi connectivity index (χ2v) is 2.87. The smallest absolute Gasteiger partial charge is 0.259 e. The normalized spacial score (nSPS) is 10.9. The lowest BCUT2D eigenvalue weighted by atomic mass is 10.7.